The van der Waals surface area contributed by atoms with Crippen LogP contribution in [0.25, 0.3) is 0 Å². The van der Waals surface area contributed by atoms with Crippen LogP contribution in [-0.4, -0.2) is 31.6 Å². The Morgan fingerprint density at radius 1 is 1.00 bits per heavy atom. The SMILES string of the molecule is O=C(NC1CCC(O)CC1)c1ccc(NS(=O)(=O)c2cc(Cl)ccc2Cl)cc1. The molecule has 0 saturated heterocycles. The summed E-state index contributed by atoms with van der Waals surface area (Å²) < 4.78 is 27.5. The molecule has 2 aromatic carbocycles. The van der Waals surface area contributed by atoms with Crippen LogP contribution >= 0.6 is 23.2 Å². The van der Waals surface area contributed by atoms with Crippen LogP contribution in [0.2, 0.25) is 10.0 Å². The molecule has 0 unspecified atom stereocenters. The number of carbonyl (C=O) groups is 1. The highest BCUT2D eigenvalue weighted by Gasteiger charge is 2.22. The van der Waals surface area contributed by atoms with Crippen molar-refractivity contribution in [1.29, 1.82) is 0 Å². The number of amides is 1. The molecule has 1 amide bonds. The van der Waals surface area contributed by atoms with Crippen LogP contribution in [0.5, 0.6) is 0 Å². The van der Waals surface area contributed by atoms with E-state index in [2.05, 4.69) is 10.0 Å². The quantitative estimate of drug-likeness (QED) is 0.655. The Morgan fingerprint density at radius 2 is 1.64 bits per heavy atom. The number of hydrogen-bond acceptors (Lipinski definition) is 4. The summed E-state index contributed by atoms with van der Waals surface area (Å²) in [6.45, 7) is 0. The van der Waals surface area contributed by atoms with E-state index in [0.29, 0.717) is 24.1 Å². The molecular weight excluding hydrogens is 423 g/mol. The van der Waals surface area contributed by atoms with Gasteiger partial charge in [0.1, 0.15) is 4.90 Å². The van der Waals surface area contributed by atoms with E-state index in [1.165, 1.54) is 30.3 Å². The number of aliphatic hydroxyl groups is 1. The summed E-state index contributed by atoms with van der Waals surface area (Å²) in [5.74, 6) is -0.228. The van der Waals surface area contributed by atoms with E-state index in [1.54, 1.807) is 12.1 Å². The third-order valence-corrected chi connectivity index (χ3v) is 6.71. The lowest BCUT2D eigenvalue weighted by atomic mass is 9.93. The molecule has 1 fully saturated rings. The average molecular weight is 443 g/mol. The van der Waals surface area contributed by atoms with Gasteiger partial charge in [-0.25, -0.2) is 8.42 Å². The van der Waals surface area contributed by atoms with Crippen LogP contribution in [-0.2, 0) is 10.0 Å². The maximum Gasteiger partial charge on any atom is 0.263 e. The van der Waals surface area contributed by atoms with Gasteiger partial charge in [0, 0.05) is 22.3 Å². The average Bonchev–Trinajstić information content (AvgIpc) is 2.65. The molecule has 2 aromatic rings. The van der Waals surface area contributed by atoms with Gasteiger partial charge in [-0.3, -0.25) is 9.52 Å². The standard InChI is InChI=1S/C19H20Cl2N2O4S/c20-13-3-10-17(21)18(11-13)28(26,27)23-15-4-1-12(2-5-15)19(25)22-14-6-8-16(24)9-7-14/h1-5,10-11,14,16,23-24H,6-9H2,(H,22,25). The van der Waals surface area contributed by atoms with Gasteiger partial charge in [0.15, 0.2) is 0 Å². The number of nitrogens with one attached hydrogen (secondary N) is 2. The number of benzene rings is 2. The predicted octanol–water partition coefficient (Wildman–Crippen LogP) is 3.83. The van der Waals surface area contributed by atoms with Crippen LogP contribution in [0, 0.1) is 0 Å². The summed E-state index contributed by atoms with van der Waals surface area (Å²) in [5.41, 5.74) is 0.725. The molecule has 0 aromatic heterocycles. The minimum atomic E-state index is -3.92. The normalized spacial score (nSPS) is 19.8. The van der Waals surface area contributed by atoms with E-state index >= 15 is 0 Å². The third kappa shape index (κ3) is 5.17. The maximum absolute atomic E-state index is 12.5. The van der Waals surface area contributed by atoms with Crippen LogP contribution in [0.15, 0.2) is 47.4 Å². The van der Waals surface area contributed by atoms with Gasteiger partial charge in [0.05, 0.1) is 11.1 Å². The highest BCUT2D eigenvalue weighted by atomic mass is 35.5. The first-order valence-electron chi connectivity index (χ1n) is 8.81. The monoisotopic (exact) mass is 442 g/mol. The van der Waals surface area contributed by atoms with Crippen molar-refractivity contribution in [3.8, 4) is 0 Å². The molecule has 3 rings (SSSR count). The highest BCUT2D eigenvalue weighted by Crippen LogP contribution is 2.27. The number of sulfonamides is 1. The summed E-state index contributed by atoms with van der Waals surface area (Å²) in [7, 11) is -3.92. The zero-order valence-electron chi connectivity index (χ0n) is 14.9. The van der Waals surface area contributed by atoms with Crippen LogP contribution in [0.1, 0.15) is 36.0 Å². The fraction of sp³-hybridized carbons (Fsp3) is 0.316. The molecule has 150 valence electrons. The Bertz CT molecular complexity index is 956. The second-order valence-electron chi connectivity index (χ2n) is 6.74. The Hall–Kier alpha value is -1.80. The fourth-order valence-corrected chi connectivity index (χ4v) is 4.89. The van der Waals surface area contributed by atoms with Crippen molar-refractivity contribution in [1.82, 2.24) is 5.32 Å². The zero-order valence-corrected chi connectivity index (χ0v) is 17.2. The van der Waals surface area contributed by atoms with Crippen molar-refractivity contribution in [3.05, 3.63) is 58.1 Å². The second-order valence-corrected chi connectivity index (χ2v) is 9.23. The molecule has 1 saturated carbocycles. The minimum Gasteiger partial charge on any atom is -0.393 e. The van der Waals surface area contributed by atoms with Crippen molar-refractivity contribution in [3.63, 3.8) is 0 Å². The van der Waals surface area contributed by atoms with Crippen molar-refractivity contribution in [2.45, 2.75) is 42.7 Å². The van der Waals surface area contributed by atoms with E-state index in [1.807, 2.05) is 0 Å². The molecule has 1 aliphatic rings. The molecule has 0 heterocycles. The Kier molecular flexibility index (Phi) is 6.50. The molecule has 3 N–H and O–H groups in total. The number of aliphatic hydroxyl groups excluding tert-OH is 1. The zero-order chi connectivity index (χ0) is 20.3. The predicted molar refractivity (Wildman–Crippen MR) is 109 cm³/mol. The van der Waals surface area contributed by atoms with E-state index in [-0.39, 0.29) is 33.0 Å². The van der Waals surface area contributed by atoms with Crippen LogP contribution in [0.4, 0.5) is 5.69 Å². The third-order valence-electron chi connectivity index (χ3n) is 4.61. The van der Waals surface area contributed by atoms with Crippen LogP contribution in [0.3, 0.4) is 0 Å². The summed E-state index contributed by atoms with van der Waals surface area (Å²) in [4.78, 5) is 12.2. The lowest BCUT2D eigenvalue weighted by molar-refractivity contribution is 0.0867. The number of hydrogen-bond donors (Lipinski definition) is 3. The minimum absolute atomic E-state index is 0.0408. The molecule has 6 nitrogen and oxygen atoms in total. The van der Waals surface area contributed by atoms with Gasteiger partial charge < -0.3 is 10.4 Å². The number of anilines is 1. The maximum atomic E-state index is 12.5. The van der Waals surface area contributed by atoms with Crippen molar-refractivity contribution in [2.24, 2.45) is 0 Å². The van der Waals surface area contributed by atoms with E-state index in [4.69, 9.17) is 23.2 Å². The van der Waals surface area contributed by atoms with Gasteiger partial charge in [0.25, 0.3) is 15.9 Å². The van der Waals surface area contributed by atoms with Gasteiger partial charge in [-0.15, -0.1) is 0 Å². The summed E-state index contributed by atoms with van der Waals surface area (Å²) in [6, 6.07) is 10.3. The van der Waals surface area contributed by atoms with E-state index in [0.717, 1.165) is 12.8 Å². The van der Waals surface area contributed by atoms with Gasteiger partial charge in [-0.05, 0) is 68.1 Å². The van der Waals surface area contributed by atoms with E-state index in [9.17, 15) is 18.3 Å². The molecule has 0 radical (unpaired) electrons. The first-order chi connectivity index (χ1) is 13.2. The molecule has 0 aliphatic heterocycles. The largest absolute Gasteiger partial charge is 0.393 e. The molecule has 0 spiro atoms. The lowest BCUT2D eigenvalue weighted by Gasteiger charge is -2.26. The first kappa shape index (κ1) is 20.9. The Balaban J connectivity index is 1.67. The first-order valence-corrected chi connectivity index (χ1v) is 11.1. The van der Waals surface area contributed by atoms with Gasteiger partial charge >= 0.3 is 0 Å². The molecule has 0 atom stereocenters. The summed E-state index contributed by atoms with van der Waals surface area (Å²) in [6.07, 6.45) is 2.56. The van der Waals surface area contributed by atoms with Gasteiger partial charge in [-0.2, -0.15) is 0 Å². The molecular formula is C19H20Cl2N2O4S. The highest BCUT2D eigenvalue weighted by molar-refractivity contribution is 7.92. The van der Waals surface area contributed by atoms with Crippen molar-refractivity contribution < 1.29 is 18.3 Å². The Labute approximate surface area is 173 Å². The Morgan fingerprint density at radius 3 is 2.29 bits per heavy atom. The molecule has 1 aliphatic carbocycles. The van der Waals surface area contributed by atoms with Crippen molar-refractivity contribution in [2.75, 3.05) is 4.72 Å². The molecule has 28 heavy (non-hydrogen) atoms. The van der Waals surface area contributed by atoms with Gasteiger partial charge in [-0.1, -0.05) is 23.2 Å². The van der Waals surface area contributed by atoms with Gasteiger partial charge in [0.2, 0.25) is 0 Å². The summed E-state index contributed by atoms with van der Waals surface area (Å²) in [5, 5.41) is 12.8. The summed E-state index contributed by atoms with van der Waals surface area (Å²) >= 11 is 11.8. The number of halogens is 2. The van der Waals surface area contributed by atoms with Crippen LogP contribution < -0.4 is 10.0 Å². The van der Waals surface area contributed by atoms with Crippen molar-refractivity contribution >= 4 is 44.8 Å². The van der Waals surface area contributed by atoms with E-state index < -0.39 is 10.0 Å². The number of carbonyl (C=O) groups excluding carboxylic acids is 1. The topological polar surface area (TPSA) is 95.5 Å². The molecule has 9 heteroatoms. The fourth-order valence-electron chi connectivity index (χ4n) is 3.07. The molecule has 0 bridgehead atoms. The number of rotatable bonds is 5. The lowest BCUT2D eigenvalue weighted by Crippen LogP contribution is -2.38. The second kappa shape index (κ2) is 8.69. The smallest absolute Gasteiger partial charge is 0.263 e.